The van der Waals surface area contributed by atoms with Crippen molar-refractivity contribution in [2.45, 2.75) is 26.7 Å². The number of hydrogen-bond donors (Lipinski definition) is 0. The summed E-state index contributed by atoms with van der Waals surface area (Å²) in [4.78, 5) is 44.2. The van der Waals surface area contributed by atoms with Gasteiger partial charge in [0, 0.05) is 64.5 Å². The molecular formula is C21H31N5O4. The van der Waals surface area contributed by atoms with Gasteiger partial charge in [0.15, 0.2) is 0 Å². The van der Waals surface area contributed by atoms with Gasteiger partial charge in [0.1, 0.15) is 0 Å². The number of anilines is 1. The van der Waals surface area contributed by atoms with E-state index >= 15 is 0 Å². The third kappa shape index (κ3) is 4.89. The quantitative estimate of drug-likeness (QED) is 0.497. The fourth-order valence-corrected chi connectivity index (χ4v) is 4.19. The second-order valence-corrected chi connectivity index (χ2v) is 7.79. The second kappa shape index (κ2) is 9.88. The molecule has 30 heavy (non-hydrogen) atoms. The number of piperazine rings is 1. The predicted octanol–water partition coefficient (Wildman–Crippen LogP) is 1.82. The van der Waals surface area contributed by atoms with Crippen molar-refractivity contribution < 1.29 is 14.5 Å². The second-order valence-electron chi connectivity index (χ2n) is 7.79. The van der Waals surface area contributed by atoms with Gasteiger partial charge in [-0.2, -0.15) is 0 Å². The van der Waals surface area contributed by atoms with Crippen LogP contribution in [0.25, 0.3) is 0 Å². The minimum absolute atomic E-state index is 0.0650. The highest BCUT2D eigenvalue weighted by Crippen LogP contribution is 2.29. The number of amides is 2. The minimum Gasteiger partial charge on any atom is -0.371 e. The Bertz CT molecular complexity index is 782. The molecule has 0 spiro atoms. The van der Waals surface area contributed by atoms with E-state index in [4.69, 9.17) is 0 Å². The van der Waals surface area contributed by atoms with Crippen LogP contribution in [0.3, 0.4) is 0 Å². The molecule has 9 nitrogen and oxygen atoms in total. The first kappa shape index (κ1) is 22.0. The van der Waals surface area contributed by atoms with E-state index in [9.17, 15) is 19.7 Å². The van der Waals surface area contributed by atoms with Crippen molar-refractivity contribution in [3.05, 3.63) is 33.9 Å². The highest BCUT2D eigenvalue weighted by Gasteiger charge is 2.28. The molecule has 1 aromatic carbocycles. The van der Waals surface area contributed by atoms with E-state index < -0.39 is 4.92 Å². The molecule has 0 saturated carbocycles. The van der Waals surface area contributed by atoms with Crippen molar-refractivity contribution in [3.8, 4) is 0 Å². The Morgan fingerprint density at radius 3 is 2.23 bits per heavy atom. The lowest BCUT2D eigenvalue weighted by Crippen LogP contribution is -2.51. The maximum absolute atomic E-state index is 13.3. The summed E-state index contributed by atoms with van der Waals surface area (Å²) in [5, 5.41) is 11.3. The average Bonchev–Trinajstić information content (AvgIpc) is 3.29. The number of non-ortho nitro benzene ring substituents is 1. The van der Waals surface area contributed by atoms with Crippen LogP contribution in [0.5, 0.6) is 0 Å². The number of carbonyl (C=O) groups is 2. The predicted molar refractivity (Wildman–Crippen MR) is 115 cm³/mol. The number of benzene rings is 1. The first-order valence-electron chi connectivity index (χ1n) is 10.8. The highest BCUT2D eigenvalue weighted by atomic mass is 16.6. The molecule has 9 heteroatoms. The molecule has 0 N–H and O–H groups in total. The SMILES string of the molecule is CCN(CC)C(=O)CN1CCN(C(=O)c2cc([N+](=O)[O-])ccc2N2CCCC2)CC1. The van der Waals surface area contributed by atoms with Crippen LogP contribution < -0.4 is 4.90 Å². The van der Waals surface area contributed by atoms with Crippen LogP contribution in [0.1, 0.15) is 37.0 Å². The molecule has 2 amide bonds. The van der Waals surface area contributed by atoms with E-state index in [2.05, 4.69) is 9.80 Å². The van der Waals surface area contributed by atoms with Gasteiger partial charge in [-0.05, 0) is 32.8 Å². The Morgan fingerprint density at radius 1 is 1.03 bits per heavy atom. The van der Waals surface area contributed by atoms with Gasteiger partial charge in [0.25, 0.3) is 11.6 Å². The van der Waals surface area contributed by atoms with Crippen molar-refractivity contribution in [3.63, 3.8) is 0 Å². The molecule has 2 aliphatic heterocycles. The van der Waals surface area contributed by atoms with Gasteiger partial charge in [-0.3, -0.25) is 24.6 Å². The molecule has 164 valence electrons. The number of nitro groups is 1. The fraction of sp³-hybridized carbons (Fsp3) is 0.619. The number of nitrogens with zero attached hydrogens (tertiary/aromatic N) is 5. The lowest BCUT2D eigenvalue weighted by atomic mass is 10.1. The van der Waals surface area contributed by atoms with Crippen LogP contribution in [0.15, 0.2) is 18.2 Å². The lowest BCUT2D eigenvalue weighted by molar-refractivity contribution is -0.384. The summed E-state index contributed by atoms with van der Waals surface area (Å²) in [5.74, 6) is -0.0647. The summed E-state index contributed by atoms with van der Waals surface area (Å²) >= 11 is 0. The summed E-state index contributed by atoms with van der Waals surface area (Å²) in [5.41, 5.74) is 1.12. The summed E-state index contributed by atoms with van der Waals surface area (Å²) in [6.07, 6.45) is 2.12. The van der Waals surface area contributed by atoms with E-state index in [-0.39, 0.29) is 17.5 Å². The van der Waals surface area contributed by atoms with Gasteiger partial charge in [0.05, 0.1) is 22.7 Å². The molecular weight excluding hydrogens is 386 g/mol. The van der Waals surface area contributed by atoms with Crippen molar-refractivity contribution in [2.75, 3.05) is 63.8 Å². The van der Waals surface area contributed by atoms with Crippen LogP contribution >= 0.6 is 0 Å². The fourth-order valence-electron chi connectivity index (χ4n) is 4.19. The van der Waals surface area contributed by atoms with Crippen LogP contribution in [0.2, 0.25) is 0 Å². The summed E-state index contributed by atoms with van der Waals surface area (Å²) in [6, 6.07) is 4.59. The first-order chi connectivity index (χ1) is 14.4. The molecule has 0 aliphatic carbocycles. The maximum atomic E-state index is 13.3. The number of carbonyl (C=O) groups excluding carboxylic acids is 2. The Balaban J connectivity index is 1.69. The molecule has 2 heterocycles. The van der Waals surface area contributed by atoms with Crippen molar-refractivity contribution in [2.24, 2.45) is 0 Å². The molecule has 1 aromatic rings. The van der Waals surface area contributed by atoms with E-state index in [1.165, 1.54) is 12.1 Å². The van der Waals surface area contributed by atoms with Gasteiger partial charge >= 0.3 is 0 Å². The topological polar surface area (TPSA) is 90.2 Å². The normalized spacial score (nSPS) is 17.3. The summed E-state index contributed by atoms with van der Waals surface area (Å²) in [7, 11) is 0. The van der Waals surface area contributed by atoms with Gasteiger partial charge in [0.2, 0.25) is 5.91 Å². The number of rotatable bonds is 7. The van der Waals surface area contributed by atoms with Crippen LogP contribution in [0.4, 0.5) is 11.4 Å². The Labute approximate surface area is 177 Å². The van der Waals surface area contributed by atoms with Crippen molar-refractivity contribution in [1.82, 2.24) is 14.7 Å². The van der Waals surface area contributed by atoms with Gasteiger partial charge < -0.3 is 14.7 Å². The van der Waals surface area contributed by atoms with E-state index in [1.54, 1.807) is 11.0 Å². The van der Waals surface area contributed by atoms with Gasteiger partial charge in [-0.1, -0.05) is 0 Å². The molecule has 2 aliphatic rings. The van der Waals surface area contributed by atoms with Gasteiger partial charge in [-0.25, -0.2) is 0 Å². The molecule has 0 radical (unpaired) electrons. The zero-order chi connectivity index (χ0) is 21.7. The monoisotopic (exact) mass is 417 g/mol. The molecule has 0 bridgehead atoms. The minimum atomic E-state index is -0.457. The molecule has 3 rings (SSSR count). The summed E-state index contributed by atoms with van der Waals surface area (Å²) in [6.45, 7) is 9.65. The molecule has 0 aromatic heterocycles. The first-order valence-corrected chi connectivity index (χ1v) is 10.8. The Kier molecular flexibility index (Phi) is 7.25. The maximum Gasteiger partial charge on any atom is 0.270 e. The standard InChI is InChI=1S/C21H31N5O4/c1-3-23(4-2)20(27)16-22-11-13-25(14-12-22)21(28)18-15-17(26(29)30)7-8-19(18)24-9-5-6-10-24/h7-8,15H,3-6,9-14,16H2,1-2H3. The number of hydrogen-bond acceptors (Lipinski definition) is 6. The third-order valence-electron chi connectivity index (χ3n) is 6.00. The van der Waals surface area contributed by atoms with Crippen LogP contribution in [0, 0.1) is 10.1 Å². The van der Waals surface area contributed by atoms with Crippen molar-refractivity contribution >= 4 is 23.2 Å². The zero-order valence-electron chi connectivity index (χ0n) is 17.9. The van der Waals surface area contributed by atoms with Crippen LogP contribution in [-0.4, -0.2) is 90.3 Å². The average molecular weight is 418 g/mol. The number of likely N-dealkylation sites (N-methyl/N-ethyl adjacent to an activating group) is 1. The Morgan fingerprint density at radius 2 is 1.67 bits per heavy atom. The lowest BCUT2D eigenvalue weighted by Gasteiger charge is -2.35. The van der Waals surface area contributed by atoms with E-state index in [0.717, 1.165) is 31.6 Å². The zero-order valence-corrected chi connectivity index (χ0v) is 17.9. The molecule has 0 unspecified atom stereocenters. The van der Waals surface area contributed by atoms with Gasteiger partial charge in [-0.15, -0.1) is 0 Å². The highest BCUT2D eigenvalue weighted by molar-refractivity contribution is 6.00. The molecule has 0 atom stereocenters. The summed E-state index contributed by atoms with van der Waals surface area (Å²) < 4.78 is 0. The number of nitro benzene ring substituents is 1. The van der Waals surface area contributed by atoms with E-state index in [1.807, 2.05) is 18.7 Å². The Hall–Kier alpha value is -2.68. The third-order valence-corrected chi connectivity index (χ3v) is 6.00. The van der Waals surface area contributed by atoms with Crippen LogP contribution in [-0.2, 0) is 4.79 Å². The van der Waals surface area contributed by atoms with Crippen molar-refractivity contribution in [1.29, 1.82) is 0 Å². The smallest absolute Gasteiger partial charge is 0.270 e. The molecule has 2 saturated heterocycles. The largest absolute Gasteiger partial charge is 0.371 e. The molecule has 2 fully saturated rings. The van der Waals surface area contributed by atoms with E-state index in [0.29, 0.717) is 51.4 Å².